The van der Waals surface area contributed by atoms with Gasteiger partial charge in [-0.2, -0.15) is 0 Å². The molecule has 0 radical (unpaired) electrons. The van der Waals surface area contributed by atoms with Crippen molar-refractivity contribution in [1.29, 1.82) is 0 Å². The van der Waals surface area contributed by atoms with Crippen molar-refractivity contribution in [3.05, 3.63) is 102 Å². The second-order valence-corrected chi connectivity index (χ2v) is 9.79. The summed E-state index contributed by atoms with van der Waals surface area (Å²) in [6.45, 7) is 0.747. The lowest BCUT2D eigenvalue weighted by atomic mass is 10.0. The van der Waals surface area contributed by atoms with Gasteiger partial charge in [-0.25, -0.2) is 19.4 Å². The number of hydrogen-bond donors (Lipinski definition) is 0. The normalized spacial score (nSPS) is 22.9. The Morgan fingerprint density at radius 2 is 1.38 bits per heavy atom. The van der Waals surface area contributed by atoms with Crippen molar-refractivity contribution in [3.8, 4) is 0 Å². The van der Waals surface area contributed by atoms with E-state index in [1.165, 1.54) is 23.8 Å². The number of imide groups is 1. The van der Waals surface area contributed by atoms with Crippen molar-refractivity contribution in [1.82, 2.24) is 9.80 Å². The van der Waals surface area contributed by atoms with Gasteiger partial charge in [-0.15, -0.1) is 11.8 Å². The molecule has 3 aromatic carbocycles. The van der Waals surface area contributed by atoms with E-state index in [0.29, 0.717) is 24.5 Å². The first-order valence-electron chi connectivity index (χ1n) is 11.9. The summed E-state index contributed by atoms with van der Waals surface area (Å²) >= 11 is 1.27. The van der Waals surface area contributed by atoms with E-state index in [-0.39, 0.29) is 0 Å². The predicted molar refractivity (Wildman–Crippen MR) is 143 cm³/mol. The number of anilines is 2. The standard InChI is InChI=1S/C28H24N4O4S/c1-36-25(33)24-28-29(23(19-37-24)20-11-5-2-6-12-20)17-18-30(28)26(34)31(21-13-7-3-8-14-21)27(35)32(28)22-15-9-4-10-16-22/h2-16,19,24H,17-18H2,1H3/t24-,28-/m0/s1. The number of nitrogens with zero attached hydrogens (tertiary/aromatic N) is 4. The van der Waals surface area contributed by atoms with Crippen LogP contribution >= 0.6 is 11.8 Å². The number of urea groups is 2. The average Bonchev–Trinajstić information content (AvgIpc) is 3.35. The molecular weight excluding hydrogens is 488 g/mol. The van der Waals surface area contributed by atoms with Crippen LogP contribution in [0.4, 0.5) is 21.0 Å². The van der Waals surface area contributed by atoms with E-state index in [1.807, 2.05) is 77.0 Å². The molecule has 4 amide bonds. The van der Waals surface area contributed by atoms with Gasteiger partial charge in [0.2, 0.25) is 5.79 Å². The molecule has 186 valence electrons. The molecule has 2 atom stereocenters. The van der Waals surface area contributed by atoms with Gasteiger partial charge in [-0.3, -0.25) is 9.69 Å². The SMILES string of the molecule is COC(=O)[C@@H]1SC=C(c2ccccc2)N2CCN3C(=O)N(c4ccccc4)C(=O)N(c4ccccc4)[C@]132. The number of amides is 4. The molecule has 0 aliphatic carbocycles. The Morgan fingerprint density at radius 3 is 2.00 bits per heavy atom. The van der Waals surface area contributed by atoms with Gasteiger partial charge in [0.1, 0.15) is 0 Å². The average molecular weight is 513 g/mol. The van der Waals surface area contributed by atoms with Crippen LogP contribution < -0.4 is 9.80 Å². The minimum absolute atomic E-state index is 0.316. The first kappa shape index (κ1) is 23.2. The summed E-state index contributed by atoms with van der Waals surface area (Å²) in [4.78, 5) is 48.3. The highest BCUT2D eigenvalue weighted by Gasteiger charge is 2.69. The van der Waals surface area contributed by atoms with Gasteiger partial charge in [0.25, 0.3) is 0 Å². The third-order valence-corrected chi connectivity index (χ3v) is 8.09. The largest absolute Gasteiger partial charge is 0.468 e. The number of ether oxygens (including phenoxy) is 1. The van der Waals surface area contributed by atoms with E-state index < -0.39 is 29.1 Å². The van der Waals surface area contributed by atoms with Crippen LogP contribution in [0.25, 0.3) is 5.70 Å². The van der Waals surface area contributed by atoms with Gasteiger partial charge in [0, 0.05) is 18.8 Å². The molecule has 8 nitrogen and oxygen atoms in total. The van der Waals surface area contributed by atoms with Crippen LogP contribution in [0.1, 0.15) is 5.56 Å². The first-order valence-corrected chi connectivity index (χ1v) is 12.9. The number of esters is 1. The Bertz CT molecular complexity index is 1390. The van der Waals surface area contributed by atoms with Crippen LogP contribution in [0.3, 0.4) is 0 Å². The number of benzene rings is 3. The molecular formula is C28H24N4O4S. The van der Waals surface area contributed by atoms with Crippen LogP contribution in [0.5, 0.6) is 0 Å². The zero-order valence-electron chi connectivity index (χ0n) is 20.1. The number of para-hydroxylation sites is 2. The molecule has 0 N–H and O–H groups in total. The first-order chi connectivity index (χ1) is 18.1. The van der Waals surface area contributed by atoms with Gasteiger partial charge in [0.05, 0.1) is 18.5 Å². The molecule has 0 aromatic heterocycles. The highest BCUT2D eigenvalue weighted by Crippen LogP contribution is 2.52. The quantitative estimate of drug-likeness (QED) is 0.467. The Hall–Kier alpha value is -4.24. The molecule has 37 heavy (non-hydrogen) atoms. The van der Waals surface area contributed by atoms with E-state index in [4.69, 9.17) is 4.74 Å². The van der Waals surface area contributed by atoms with Crippen molar-refractivity contribution in [2.24, 2.45) is 0 Å². The van der Waals surface area contributed by atoms with Crippen molar-refractivity contribution in [2.45, 2.75) is 11.0 Å². The molecule has 3 aliphatic heterocycles. The third-order valence-electron chi connectivity index (χ3n) is 6.95. The molecule has 9 heteroatoms. The summed E-state index contributed by atoms with van der Waals surface area (Å²) in [5.74, 6) is -1.96. The maximum atomic E-state index is 14.4. The zero-order chi connectivity index (χ0) is 25.6. The zero-order valence-corrected chi connectivity index (χ0v) is 20.9. The number of thioether (sulfide) groups is 1. The fourth-order valence-corrected chi connectivity index (χ4v) is 6.69. The van der Waals surface area contributed by atoms with Crippen LogP contribution in [-0.4, -0.2) is 59.1 Å². The molecule has 3 aromatic rings. The van der Waals surface area contributed by atoms with Crippen molar-refractivity contribution in [3.63, 3.8) is 0 Å². The minimum atomic E-state index is -1.45. The van der Waals surface area contributed by atoms with Gasteiger partial charge < -0.3 is 9.64 Å². The molecule has 1 spiro atoms. The molecule has 2 saturated heterocycles. The van der Waals surface area contributed by atoms with Crippen LogP contribution in [0.15, 0.2) is 96.4 Å². The number of carbonyl (C=O) groups is 3. The Kier molecular flexibility index (Phi) is 5.64. The van der Waals surface area contributed by atoms with Crippen molar-refractivity contribution < 1.29 is 19.1 Å². The van der Waals surface area contributed by atoms with Gasteiger partial charge in [0.15, 0.2) is 5.25 Å². The lowest BCUT2D eigenvalue weighted by Crippen LogP contribution is -2.81. The molecule has 3 heterocycles. The van der Waals surface area contributed by atoms with Crippen LogP contribution in [-0.2, 0) is 9.53 Å². The topological polar surface area (TPSA) is 73.4 Å². The number of hydrogen-bond acceptors (Lipinski definition) is 6. The molecule has 2 fully saturated rings. The third kappa shape index (κ3) is 3.34. The fraction of sp³-hybridized carbons (Fsp3) is 0.179. The van der Waals surface area contributed by atoms with Crippen molar-refractivity contribution >= 4 is 46.9 Å². The molecule has 0 unspecified atom stereocenters. The van der Waals surface area contributed by atoms with Gasteiger partial charge in [-0.05, 0) is 35.2 Å². The van der Waals surface area contributed by atoms with E-state index in [9.17, 15) is 14.4 Å². The predicted octanol–water partition coefficient (Wildman–Crippen LogP) is 4.81. The number of methoxy groups -OCH3 is 1. The summed E-state index contributed by atoms with van der Waals surface area (Å²) in [7, 11) is 1.33. The summed E-state index contributed by atoms with van der Waals surface area (Å²) in [6, 6.07) is 26.8. The lowest BCUT2D eigenvalue weighted by molar-refractivity contribution is -0.144. The highest BCUT2D eigenvalue weighted by atomic mass is 32.2. The summed E-state index contributed by atoms with van der Waals surface area (Å²) in [5, 5.41) is 1.02. The molecule has 0 saturated carbocycles. The Labute approximate surface area is 218 Å². The molecule has 6 rings (SSSR count). The van der Waals surface area contributed by atoms with E-state index in [2.05, 4.69) is 0 Å². The van der Waals surface area contributed by atoms with Gasteiger partial charge >= 0.3 is 18.0 Å². The molecule has 0 bridgehead atoms. The highest BCUT2D eigenvalue weighted by molar-refractivity contribution is 8.03. The second kappa shape index (κ2) is 9.01. The second-order valence-electron chi connectivity index (χ2n) is 8.81. The van der Waals surface area contributed by atoms with E-state index in [0.717, 1.165) is 11.3 Å². The minimum Gasteiger partial charge on any atom is -0.468 e. The summed E-state index contributed by atoms with van der Waals surface area (Å²) in [5.41, 5.74) is 2.80. The molecule has 3 aliphatic rings. The monoisotopic (exact) mass is 512 g/mol. The summed E-state index contributed by atoms with van der Waals surface area (Å²) in [6.07, 6.45) is 0. The van der Waals surface area contributed by atoms with Crippen LogP contribution in [0, 0.1) is 0 Å². The van der Waals surface area contributed by atoms with Crippen molar-refractivity contribution in [2.75, 3.05) is 30.0 Å². The Balaban J connectivity index is 1.61. The number of carbonyl (C=O) groups excluding carboxylic acids is 3. The smallest absolute Gasteiger partial charge is 0.340 e. The maximum Gasteiger partial charge on any atom is 0.340 e. The van der Waals surface area contributed by atoms with Gasteiger partial charge in [-0.1, -0.05) is 66.7 Å². The van der Waals surface area contributed by atoms with Crippen LogP contribution in [0.2, 0.25) is 0 Å². The fourth-order valence-electron chi connectivity index (χ4n) is 5.41. The van der Waals surface area contributed by atoms with E-state index in [1.54, 1.807) is 34.1 Å². The Morgan fingerprint density at radius 1 is 0.811 bits per heavy atom. The van der Waals surface area contributed by atoms with E-state index >= 15 is 0 Å². The number of rotatable bonds is 4. The summed E-state index contributed by atoms with van der Waals surface area (Å²) < 4.78 is 5.24. The maximum absolute atomic E-state index is 14.4. The lowest BCUT2D eigenvalue weighted by Gasteiger charge is -2.58.